The lowest BCUT2D eigenvalue weighted by molar-refractivity contribution is 0.0999. The van der Waals surface area contributed by atoms with Crippen molar-refractivity contribution < 1.29 is 4.79 Å². The maximum absolute atomic E-state index is 12.3. The van der Waals surface area contributed by atoms with Crippen molar-refractivity contribution in [3.05, 3.63) is 71.4 Å². The first-order valence-electron chi connectivity index (χ1n) is 7.28. The van der Waals surface area contributed by atoms with Gasteiger partial charge in [0.1, 0.15) is 0 Å². The largest absolute Gasteiger partial charge is 0.294 e. The number of nitrogens with zero attached hydrogens (tertiary/aromatic N) is 2. The van der Waals surface area contributed by atoms with Crippen LogP contribution < -0.4 is 0 Å². The molecule has 0 saturated carbocycles. The third-order valence-corrected chi connectivity index (χ3v) is 3.97. The van der Waals surface area contributed by atoms with Crippen LogP contribution >= 0.6 is 0 Å². The number of ketones is 1. The van der Waals surface area contributed by atoms with Crippen molar-refractivity contribution in [2.75, 3.05) is 0 Å². The number of rotatable bonds is 1. The normalized spacial score (nSPS) is 13.9. The number of fused-ring (bicyclic) bond motifs is 2. The molecule has 0 aliphatic carbocycles. The maximum atomic E-state index is 12.3. The maximum Gasteiger partial charge on any atom is 0.172 e. The zero-order chi connectivity index (χ0) is 15.1. The Balaban J connectivity index is 1.86. The number of hydrogen-bond donors (Lipinski definition) is 0. The molecule has 3 nitrogen and oxygen atoms in total. The van der Waals surface area contributed by atoms with Crippen molar-refractivity contribution >= 4 is 28.1 Å². The molecule has 0 amide bonds. The number of aliphatic imine (C=N–C) groups is 1. The fraction of sp³-hybridized carbons (Fsp3) is 0.105. The Hall–Kier alpha value is -2.81. The van der Waals surface area contributed by atoms with Crippen molar-refractivity contribution in [1.82, 2.24) is 4.98 Å². The van der Waals surface area contributed by atoms with Crippen molar-refractivity contribution in [3.8, 4) is 0 Å². The fourth-order valence-corrected chi connectivity index (χ4v) is 2.80. The monoisotopic (exact) mass is 286 g/mol. The molecule has 0 atom stereocenters. The summed E-state index contributed by atoms with van der Waals surface area (Å²) in [6.07, 6.45) is 0.329. The van der Waals surface area contributed by atoms with Gasteiger partial charge in [-0.1, -0.05) is 36.4 Å². The molecule has 106 valence electrons. The van der Waals surface area contributed by atoms with Gasteiger partial charge in [0.15, 0.2) is 11.6 Å². The van der Waals surface area contributed by atoms with Gasteiger partial charge in [-0.25, -0.2) is 9.98 Å². The van der Waals surface area contributed by atoms with Gasteiger partial charge < -0.3 is 0 Å². The molecule has 1 aliphatic rings. The zero-order valence-electron chi connectivity index (χ0n) is 12.2. The van der Waals surface area contributed by atoms with Gasteiger partial charge in [-0.15, -0.1) is 0 Å². The predicted octanol–water partition coefficient (Wildman–Crippen LogP) is 4.25. The molecule has 3 aromatic rings. The van der Waals surface area contributed by atoms with Gasteiger partial charge >= 0.3 is 0 Å². The third kappa shape index (κ3) is 2.11. The summed E-state index contributed by atoms with van der Waals surface area (Å²) in [5.74, 6) is 0.625. The van der Waals surface area contributed by atoms with Crippen LogP contribution in [0.15, 0.2) is 59.6 Å². The molecular formula is C19H14N2O. The predicted molar refractivity (Wildman–Crippen MR) is 88.1 cm³/mol. The summed E-state index contributed by atoms with van der Waals surface area (Å²) in [5.41, 5.74) is 3.27. The molecule has 0 radical (unpaired) electrons. The van der Waals surface area contributed by atoms with E-state index in [0.717, 1.165) is 22.4 Å². The number of benzene rings is 2. The topological polar surface area (TPSA) is 42.3 Å². The van der Waals surface area contributed by atoms with E-state index < -0.39 is 0 Å². The Morgan fingerprint density at radius 3 is 2.64 bits per heavy atom. The molecule has 3 heteroatoms. The average Bonchev–Trinajstić information content (AvgIpc) is 2.54. The van der Waals surface area contributed by atoms with Gasteiger partial charge in [-0.05, 0) is 41.5 Å². The van der Waals surface area contributed by atoms with E-state index in [0.29, 0.717) is 17.8 Å². The molecular weight excluding hydrogens is 272 g/mol. The van der Waals surface area contributed by atoms with E-state index in [9.17, 15) is 4.79 Å². The number of pyridine rings is 1. The van der Waals surface area contributed by atoms with Crippen LogP contribution in [0, 0.1) is 6.92 Å². The molecule has 0 saturated heterocycles. The zero-order valence-corrected chi connectivity index (χ0v) is 12.2. The first-order valence-corrected chi connectivity index (χ1v) is 7.28. The van der Waals surface area contributed by atoms with Crippen LogP contribution in [0.25, 0.3) is 10.8 Å². The fourth-order valence-electron chi connectivity index (χ4n) is 2.80. The molecule has 22 heavy (non-hydrogen) atoms. The number of aromatic nitrogens is 1. The van der Waals surface area contributed by atoms with Crippen LogP contribution in [-0.4, -0.2) is 16.5 Å². The van der Waals surface area contributed by atoms with Crippen LogP contribution in [0.3, 0.4) is 0 Å². The SMILES string of the molecule is Cc1ccc2c(n1)N=C(c1ccc3ccccc3c1)CC2=O. The summed E-state index contributed by atoms with van der Waals surface area (Å²) in [4.78, 5) is 21.3. The number of Topliss-reactive ketones (excluding diaryl/α,β-unsaturated/α-hetero) is 1. The van der Waals surface area contributed by atoms with Crippen LogP contribution in [0.1, 0.15) is 28.0 Å². The highest BCUT2D eigenvalue weighted by molar-refractivity contribution is 6.21. The summed E-state index contributed by atoms with van der Waals surface area (Å²) in [6, 6.07) is 18.0. The molecule has 0 unspecified atom stereocenters. The highest BCUT2D eigenvalue weighted by atomic mass is 16.1. The lowest BCUT2D eigenvalue weighted by atomic mass is 9.96. The summed E-state index contributed by atoms with van der Waals surface area (Å²) < 4.78 is 0. The van der Waals surface area contributed by atoms with E-state index in [1.807, 2.05) is 37.3 Å². The van der Waals surface area contributed by atoms with E-state index in [4.69, 9.17) is 0 Å². The molecule has 1 aliphatic heterocycles. The summed E-state index contributed by atoms with van der Waals surface area (Å²) >= 11 is 0. The first kappa shape index (κ1) is 12.9. The van der Waals surface area contributed by atoms with Crippen LogP contribution in [0.5, 0.6) is 0 Å². The van der Waals surface area contributed by atoms with Crippen molar-refractivity contribution in [2.24, 2.45) is 4.99 Å². The second-order valence-electron chi connectivity index (χ2n) is 5.54. The molecule has 0 spiro atoms. The van der Waals surface area contributed by atoms with Crippen LogP contribution in [0.4, 0.5) is 5.82 Å². The van der Waals surface area contributed by atoms with Crippen molar-refractivity contribution in [3.63, 3.8) is 0 Å². The van der Waals surface area contributed by atoms with Gasteiger partial charge in [-0.2, -0.15) is 0 Å². The second kappa shape index (κ2) is 4.88. The van der Waals surface area contributed by atoms with Crippen LogP contribution in [0.2, 0.25) is 0 Å². The van der Waals surface area contributed by atoms with Gasteiger partial charge in [0, 0.05) is 5.69 Å². The Bertz CT molecular complexity index is 941. The molecule has 2 heterocycles. The molecule has 1 aromatic heterocycles. The average molecular weight is 286 g/mol. The molecule has 0 fully saturated rings. The van der Waals surface area contributed by atoms with Crippen LogP contribution in [-0.2, 0) is 0 Å². The molecule has 0 bridgehead atoms. The standard InChI is InChI=1S/C19H14N2O/c1-12-6-9-16-18(22)11-17(21-19(16)20-12)15-8-7-13-4-2-3-5-14(13)10-15/h2-10H,11H2,1H3. The van der Waals surface area contributed by atoms with Crippen molar-refractivity contribution in [1.29, 1.82) is 0 Å². The third-order valence-electron chi connectivity index (χ3n) is 3.97. The minimum absolute atomic E-state index is 0.0839. The summed E-state index contributed by atoms with van der Waals surface area (Å²) in [7, 11) is 0. The highest BCUT2D eigenvalue weighted by Crippen LogP contribution is 2.27. The molecule has 2 aromatic carbocycles. The highest BCUT2D eigenvalue weighted by Gasteiger charge is 2.22. The Kier molecular flexibility index (Phi) is 2.86. The van der Waals surface area contributed by atoms with Gasteiger partial charge in [0.05, 0.1) is 17.7 Å². The Morgan fingerprint density at radius 2 is 1.77 bits per heavy atom. The summed E-state index contributed by atoms with van der Waals surface area (Å²) in [6.45, 7) is 1.91. The van der Waals surface area contributed by atoms with E-state index in [-0.39, 0.29) is 5.78 Å². The lowest BCUT2D eigenvalue weighted by Gasteiger charge is -2.14. The van der Waals surface area contributed by atoms with Gasteiger partial charge in [0.25, 0.3) is 0 Å². The number of hydrogen-bond acceptors (Lipinski definition) is 3. The van der Waals surface area contributed by atoms with E-state index >= 15 is 0 Å². The smallest absolute Gasteiger partial charge is 0.172 e. The van der Waals surface area contributed by atoms with E-state index in [1.54, 1.807) is 0 Å². The quantitative estimate of drug-likeness (QED) is 0.671. The van der Waals surface area contributed by atoms with Crippen molar-refractivity contribution in [2.45, 2.75) is 13.3 Å². The number of carbonyl (C=O) groups excluding carboxylic acids is 1. The number of carbonyl (C=O) groups is 1. The molecule has 0 N–H and O–H groups in total. The van der Waals surface area contributed by atoms with E-state index in [1.165, 1.54) is 5.39 Å². The summed E-state index contributed by atoms with van der Waals surface area (Å²) in [5, 5.41) is 2.33. The number of aryl methyl sites for hydroxylation is 1. The van der Waals surface area contributed by atoms with Gasteiger partial charge in [0.2, 0.25) is 0 Å². The van der Waals surface area contributed by atoms with E-state index in [2.05, 4.69) is 34.2 Å². The lowest BCUT2D eigenvalue weighted by Crippen LogP contribution is -2.15. The van der Waals surface area contributed by atoms with Gasteiger partial charge in [-0.3, -0.25) is 4.79 Å². The minimum Gasteiger partial charge on any atom is -0.294 e. The Labute approximate surface area is 128 Å². The molecule has 4 rings (SSSR count). The minimum atomic E-state index is 0.0839. The Morgan fingerprint density at radius 1 is 0.955 bits per heavy atom. The first-order chi connectivity index (χ1) is 10.7. The second-order valence-corrected chi connectivity index (χ2v) is 5.54.